The van der Waals surface area contributed by atoms with E-state index in [9.17, 15) is 23.5 Å². The number of benzene rings is 2. The highest BCUT2D eigenvalue weighted by Crippen LogP contribution is 2.50. The molecule has 4 aromatic rings. The molecule has 1 unspecified atom stereocenters. The van der Waals surface area contributed by atoms with Crippen LogP contribution in [-0.4, -0.2) is 57.4 Å². The molecular weight excluding hydrogens is 516 g/mol. The Labute approximate surface area is 230 Å². The Morgan fingerprint density at radius 3 is 2.30 bits per heavy atom. The molecule has 1 saturated carbocycles. The lowest BCUT2D eigenvalue weighted by Crippen LogP contribution is -2.56. The van der Waals surface area contributed by atoms with Crippen LogP contribution < -0.4 is 0 Å². The van der Waals surface area contributed by atoms with Crippen molar-refractivity contribution in [3.8, 4) is 11.3 Å². The van der Waals surface area contributed by atoms with E-state index in [1.807, 2.05) is 13.0 Å². The van der Waals surface area contributed by atoms with Crippen LogP contribution in [0.1, 0.15) is 54.5 Å². The fraction of sp³-hybridized carbons (Fsp3) is 0.323. The summed E-state index contributed by atoms with van der Waals surface area (Å²) >= 11 is 0. The molecule has 3 heterocycles. The van der Waals surface area contributed by atoms with Crippen LogP contribution in [0.4, 0.5) is 8.78 Å². The van der Waals surface area contributed by atoms with Gasteiger partial charge >= 0.3 is 0 Å². The van der Waals surface area contributed by atoms with Crippen LogP contribution in [0.25, 0.3) is 22.4 Å². The summed E-state index contributed by atoms with van der Waals surface area (Å²) in [6.45, 7) is 4.73. The number of aromatic nitrogens is 1. The van der Waals surface area contributed by atoms with E-state index in [0.29, 0.717) is 22.4 Å². The van der Waals surface area contributed by atoms with E-state index in [-0.39, 0.29) is 48.6 Å². The Morgan fingerprint density at radius 2 is 1.68 bits per heavy atom. The van der Waals surface area contributed by atoms with E-state index in [1.165, 1.54) is 36.4 Å². The van der Waals surface area contributed by atoms with Crippen molar-refractivity contribution in [2.75, 3.05) is 19.6 Å². The molecule has 2 aliphatic rings. The summed E-state index contributed by atoms with van der Waals surface area (Å²) in [7, 11) is 0. The lowest BCUT2D eigenvalue weighted by atomic mass is 9.96. The van der Waals surface area contributed by atoms with Gasteiger partial charge in [0.25, 0.3) is 11.8 Å². The number of carbonyl (C=O) groups excluding carboxylic acids is 2. The van der Waals surface area contributed by atoms with Crippen molar-refractivity contribution in [1.29, 1.82) is 0 Å². The first-order valence-corrected chi connectivity index (χ1v) is 13.4. The third-order valence-corrected chi connectivity index (χ3v) is 8.10. The van der Waals surface area contributed by atoms with Gasteiger partial charge in [0, 0.05) is 42.9 Å². The normalized spacial score (nSPS) is 19.1. The van der Waals surface area contributed by atoms with Gasteiger partial charge in [0.15, 0.2) is 17.4 Å². The number of nitrogens with zero attached hydrogens (tertiary/aromatic N) is 3. The van der Waals surface area contributed by atoms with Gasteiger partial charge in [-0.05, 0) is 73.2 Å². The number of aliphatic hydroxyl groups excluding tert-OH is 1. The van der Waals surface area contributed by atoms with Gasteiger partial charge in [-0.15, -0.1) is 0 Å². The van der Waals surface area contributed by atoms with E-state index in [0.717, 1.165) is 24.0 Å². The van der Waals surface area contributed by atoms with Gasteiger partial charge in [-0.1, -0.05) is 19.1 Å². The summed E-state index contributed by atoms with van der Waals surface area (Å²) in [6, 6.07) is 14.6. The second-order valence-corrected chi connectivity index (χ2v) is 11.0. The van der Waals surface area contributed by atoms with E-state index in [4.69, 9.17) is 9.40 Å². The minimum absolute atomic E-state index is 0.0694. The van der Waals surface area contributed by atoms with Crippen molar-refractivity contribution >= 4 is 22.9 Å². The molecule has 0 spiro atoms. The predicted octanol–water partition coefficient (Wildman–Crippen LogP) is 5.23. The molecule has 2 amide bonds. The first-order valence-electron chi connectivity index (χ1n) is 13.4. The maximum atomic E-state index is 13.5. The summed E-state index contributed by atoms with van der Waals surface area (Å²) in [5.74, 6) is -1.39. The summed E-state index contributed by atoms with van der Waals surface area (Å²) in [6.07, 6.45) is 0.580. The minimum Gasteiger partial charge on any atom is -0.449 e. The number of fused-ring (bicyclic) bond motifs is 1. The highest BCUT2D eigenvalue weighted by Gasteiger charge is 2.42. The number of rotatable bonds is 5. The van der Waals surface area contributed by atoms with Crippen molar-refractivity contribution in [3.05, 3.63) is 89.2 Å². The van der Waals surface area contributed by atoms with Gasteiger partial charge in [-0.25, -0.2) is 13.8 Å². The van der Waals surface area contributed by atoms with Crippen LogP contribution in [0.3, 0.4) is 0 Å². The van der Waals surface area contributed by atoms with Crippen molar-refractivity contribution in [1.82, 2.24) is 14.8 Å². The van der Waals surface area contributed by atoms with Crippen molar-refractivity contribution in [3.63, 3.8) is 0 Å². The SMILES string of the molecule is C[C@H]1CN(C(=O)c2cc3nc(-c4ccc(F)cc4)cc(C4(C)CC4)c3o2)CCN1C(=O)C(O)c1ccc(F)cc1. The number of aliphatic hydroxyl groups is 1. The molecule has 7 nitrogen and oxygen atoms in total. The molecule has 1 saturated heterocycles. The molecule has 1 aliphatic heterocycles. The van der Waals surface area contributed by atoms with E-state index in [1.54, 1.807) is 28.0 Å². The van der Waals surface area contributed by atoms with Crippen LogP contribution in [0.15, 0.2) is 65.1 Å². The van der Waals surface area contributed by atoms with Crippen LogP contribution in [0, 0.1) is 11.6 Å². The Morgan fingerprint density at radius 1 is 1.02 bits per heavy atom. The summed E-state index contributed by atoms with van der Waals surface area (Å²) in [5.41, 5.74) is 3.84. The molecule has 6 rings (SSSR count). The largest absolute Gasteiger partial charge is 0.449 e. The van der Waals surface area contributed by atoms with Gasteiger partial charge in [0.1, 0.15) is 17.2 Å². The minimum atomic E-state index is -1.41. The number of piperazine rings is 1. The number of hydrogen-bond donors (Lipinski definition) is 1. The molecule has 206 valence electrons. The van der Waals surface area contributed by atoms with Crippen LogP contribution in [-0.2, 0) is 10.2 Å². The summed E-state index contributed by atoms with van der Waals surface area (Å²) < 4.78 is 32.9. The van der Waals surface area contributed by atoms with Gasteiger partial charge in [-0.3, -0.25) is 9.59 Å². The maximum absolute atomic E-state index is 13.5. The standard InChI is InChI=1S/C31H29F2N3O4/c1-18-17-35(13-14-36(18)30(39)27(37)20-5-9-22(33)10-6-20)29(38)26-16-25-28(40-26)23(31(2)11-12-31)15-24(34-25)19-3-7-21(32)8-4-19/h3-10,15-16,18,27,37H,11-14,17H2,1-2H3/t18-,27?/m0/s1. The number of halogens is 2. The number of amides is 2. The molecule has 0 bridgehead atoms. The monoisotopic (exact) mass is 545 g/mol. The quantitative estimate of drug-likeness (QED) is 0.371. The summed E-state index contributed by atoms with van der Waals surface area (Å²) in [5, 5.41) is 10.6. The number of pyridine rings is 1. The molecule has 2 fully saturated rings. The molecule has 0 radical (unpaired) electrons. The van der Waals surface area contributed by atoms with E-state index < -0.39 is 17.8 Å². The van der Waals surface area contributed by atoms with Gasteiger partial charge < -0.3 is 19.3 Å². The molecule has 9 heteroatoms. The van der Waals surface area contributed by atoms with E-state index >= 15 is 0 Å². The molecule has 2 aromatic heterocycles. The van der Waals surface area contributed by atoms with Gasteiger partial charge in [-0.2, -0.15) is 0 Å². The molecule has 2 atom stereocenters. The van der Waals surface area contributed by atoms with Crippen molar-refractivity contribution in [2.45, 2.75) is 44.2 Å². The summed E-state index contributed by atoms with van der Waals surface area (Å²) in [4.78, 5) is 34.4. The van der Waals surface area contributed by atoms with Crippen LogP contribution >= 0.6 is 0 Å². The first-order chi connectivity index (χ1) is 19.1. The smallest absolute Gasteiger partial charge is 0.289 e. The van der Waals surface area contributed by atoms with Crippen LogP contribution in [0.5, 0.6) is 0 Å². The Hall–Kier alpha value is -4.11. The maximum Gasteiger partial charge on any atom is 0.289 e. The van der Waals surface area contributed by atoms with Crippen molar-refractivity contribution in [2.24, 2.45) is 0 Å². The van der Waals surface area contributed by atoms with Gasteiger partial charge in [0.2, 0.25) is 0 Å². The molecule has 1 N–H and O–H groups in total. The van der Waals surface area contributed by atoms with Crippen molar-refractivity contribution < 1.29 is 27.9 Å². The zero-order valence-electron chi connectivity index (χ0n) is 22.2. The Kier molecular flexibility index (Phi) is 6.41. The second kappa shape index (κ2) is 9.82. The Balaban J connectivity index is 1.23. The third kappa shape index (κ3) is 4.75. The number of furan rings is 1. The molecular formula is C31H29F2N3O4. The van der Waals surface area contributed by atoms with Crippen LogP contribution in [0.2, 0.25) is 0 Å². The lowest BCUT2D eigenvalue weighted by Gasteiger charge is -2.40. The highest BCUT2D eigenvalue weighted by atomic mass is 19.1. The van der Waals surface area contributed by atoms with Gasteiger partial charge in [0.05, 0.1) is 5.69 Å². The fourth-order valence-corrected chi connectivity index (χ4v) is 5.37. The third-order valence-electron chi connectivity index (χ3n) is 8.10. The Bertz CT molecular complexity index is 1600. The lowest BCUT2D eigenvalue weighted by molar-refractivity contribution is -0.144. The number of carbonyl (C=O) groups is 2. The van der Waals surface area contributed by atoms with E-state index in [2.05, 4.69) is 6.92 Å². The first kappa shape index (κ1) is 26.1. The average Bonchev–Trinajstić information content (AvgIpc) is 3.55. The molecule has 40 heavy (non-hydrogen) atoms. The topological polar surface area (TPSA) is 86.9 Å². The second-order valence-electron chi connectivity index (χ2n) is 11.0. The molecule has 2 aromatic carbocycles. The predicted molar refractivity (Wildman–Crippen MR) is 144 cm³/mol. The fourth-order valence-electron chi connectivity index (χ4n) is 5.37. The molecule has 1 aliphatic carbocycles. The average molecular weight is 546 g/mol. The zero-order valence-corrected chi connectivity index (χ0v) is 22.2. The highest BCUT2D eigenvalue weighted by molar-refractivity contribution is 5.97. The number of hydrogen-bond acceptors (Lipinski definition) is 5. The zero-order chi connectivity index (χ0) is 28.2.